The Morgan fingerprint density at radius 3 is 2.14 bits per heavy atom. The van der Waals surface area contributed by atoms with Gasteiger partial charge < -0.3 is 5.11 Å². The largest absolute Gasteiger partial charge is 0.505 e. The quantitative estimate of drug-likeness (QED) is 0.427. The molecule has 3 aromatic carbocycles. The van der Waals surface area contributed by atoms with Crippen LogP contribution in [0.25, 0.3) is 10.8 Å². The number of azo groups is 1. The number of fused-ring (bicyclic) bond motifs is 1. The van der Waals surface area contributed by atoms with Crippen LogP contribution in [0.2, 0.25) is 0 Å². The highest BCUT2D eigenvalue weighted by molar-refractivity contribution is 7.86. The number of phenols is 1. The highest BCUT2D eigenvalue weighted by Gasteiger charge is 2.23. The molecule has 0 saturated heterocycles. The van der Waals surface area contributed by atoms with Gasteiger partial charge in [-0.05, 0) is 48.2 Å². The van der Waals surface area contributed by atoms with Crippen LogP contribution >= 0.6 is 0 Å². The summed E-state index contributed by atoms with van der Waals surface area (Å²) in [6.07, 6.45) is 0. The maximum atomic E-state index is 11.8. The minimum absolute atomic E-state index is 0.0462. The average Bonchev–Trinajstić information content (AvgIpc) is 2.60. The molecule has 0 amide bonds. The van der Waals surface area contributed by atoms with Gasteiger partial charge in [0.05, 0.1) is 10.6 Å². The van der Waals surface area contributed by atoms with Crippen molar-refractivity contribution < 1.29 is 31.0 Å². The fraction of sp³-hybridized carbons (Fsp3) is 0.0588. The van der Waals surface area contributed by atoms with E-state index < -0.39 is 41.5 Å². The topological polar surface area (TPSA) is 154 Å². The third kappa shape index (κ3) is 3.87. The molecule has 0 heterocycles. The molecule has 146 valence electrons. The summed E-state index contributed by atoms with van der Waals surface area (Å²) < 4.78 is 64.8. The molecular weight excluding hydrogens is 408 g/mol. The molecule has 0 bridgehead atoms. The second kappa shape index (κ2) is 6.95. The summed E-state index contributed by atoms with van der Waals surface area (Å²) in [7, 11) is -9.39. The van der Waals surface area contributed by atoms with E-state index in [9.17, 15) is 26.5 Å². The molecule has 0 unspecified atom stereocenters. The van der Waals surface area contributed by atoms with Gasteiger partial charge in [0.2, 0.25) is 0 Å². The van der Waals surface area contributed by atoms with Crippen LogP contribution in [0.5, 0.6) is 5.75 Å². The number of hydrogen-bond donors (Lipinski definition) is 3. The van der Waals surface area contributed by atoms with E-state index in [2.05, 4.69) is 10.2 Å². The number of aromatic hydroxyl groups is 1. The molecule has 0 saturated carbocycles. The van der Waals surface area contributed by atoms with Crippen LogP contribution in [0, 0.1) is 6.92 Å². The lowest BCUT2D eigenvalue weighted by Crippen LogP contribution is -2.00. The minimum atomic E-state index is -4.84. The van der Waals surface area contributed by atoms with E-state index in [4.69, 9.17) is 4.55 Å². The zero-order valence-electron chi connectivity index (χ0n) is 14.3. The van der Waals surface area contributed by atoms with Crippen LogP contribution in [-0.2, 0) is 20.2 Å². The van der Waals surface area contributed by atoms with E-state index in [-0.39, 0.29) is 10.8 Å². The van der Waals surface area contributed by atoms with Gasteiger partial charge in [-0.25, -0.2) is 0 Å². The van der Waals surface area contributed by atoms with Gasteiger partial charge in [-0.2, -0.15) is 21.9 Å². The Labute approximate surface area is 160 Å². The number of phenolic OH excluding ortho intramolecular Hbond substituents is 1. The number of benzene rings is 3. The maximum absolute atomic E-state index is 11.8. The standard InChI is InChI=1S/C17H14N2O7S2/c1-10-4-2-3-5-14(10)18-19-16-15(28(24,25)26)9-11-8-12(27(21,22)23)6-7-13(11)17(16)20/h2-9,20H,1H3,(H,21,22,23)(H,24,25,26). The molecule has 11 heteroatoms. The van der Waals surface area contributed by atoms with E-state index in [1.165, 1.54) is 6.07 Å². The van der Waals surface area contributed by atoms with Crippen molar-refractivity contribution in [3.8, 4) is 5.75 Å². The first-order chi connectivity index (χ1) is 13.0. The molecule has 0 spiro atoms. The Kier molecular flexibility index (Phi) is 4.93. The maximum Gasteiger partial charge on any atom is 0.296 e. The Balaban J connectivity index is 2.30. The summed E-state index contributed by atoms with van der Waals surface area (Å²) in [6, 6.07) is 11.0. The number of rotatable bonds is 4. The van der Waals surface area contributed by atoms with E-state index in [1.54, 1.807) is 31.2 Å². The molecule has 0 aliphatic rings. The fourth-order valence-electron chi connectivity index (χ4n) is 2.56. The smallest absolute Gasteiger partial charge is 0.296 e. The molecule has 0 aliphatic carbocycles. The van der Waals surface area contributed by atoms with Crippen LogP contribution in [-0.4, -0.2) is 31.0 Å². The summed E-state index contributed by atoms with van der Waals surface area (Å²) in [5, 5.41) is 18.2. The first-order valence-corrected chi connectivity index (χ1v) is 10.6. The Hall–Kier alpha value is -2.86. The summed E-state index contributed by atoms with van der Waals surface area (Å²) in [6.45, 7) is 1.76. The normalized spacial score (nSPS) is 12.7. The van der Waals surface area contributed by atoms with E-state index in [1.807, 2.05) is 0 Å². The van der Waals surface area contributed by atoms with Gasteiger partial charge in [0.25, 0.3) is 20.2 Å². The van der Waals surface area contributed by atoms with E-state index in [0.717, 1.165) is 23.8 Å². The van der Waals surface area contributed by atoms with Crippen LogP contribution in [0.4, 0.5) is 11.4 Å². The van der Waals surface area contributed by atoms with Gasteiger partial charge in [0.1, 0.15) is 10.6 Å². The second-order valence-electron chi connectivity index (χ2n) is 5.89. The number of nitrogens with zero attached hydrogens (tertiary/aromatic N) is 2. The van der Waals surface area contributed by atoms with Crippen molar-refractivity contribution in [3.05, 3.63) is 54.1 Å². The van der Waals surface area contributed by atoms with Gasteiger partial charge >= 0.3 is 0 Å². The van der Waals surface area contributed by atoms with Gasteiger partial charge in [-0.15, -0.1) is 5.11 Å². The van der Waals surface area contributed by atoms with Crippen molar-refractivity contribution in [2.45, 2.75) is 16.7 Å². The van der Waals surface area contributed by atoms with Gasteiger partial charge in [0, 0.05) is 5.39 Å². The summed E-state index contributed by atoms with van der Waals surface area (Å²) in [5.74, 6) is -0.621. The van der Waals surface area contributed by atoms with E-state index >= 15 is 0 Å². The Morgan fingerprint density at radius 2 is 1.54 bits per heavy atom. The number of hydrogen-bond acceptors (Lipinski definition) is 7. The van der Waals surface area contributed by atoms with Crippen molar-refractivity contribution in [1.82, 2.24) is 0 Å². The van der Waals surface area contributed by atoms with Crippen LogP contribution in [0.3, 0.4) is 0 Å². The Bertz CT molecular complexity index is 1330. The highest BCUT2D eigenvalue weighted by atomic mass is 32.2. The molecule has 3 aromatic rings. The lowest BCUT2D eigenvalue weighted by Gasteiger charge is -2.09. The zero-order valence-corrected chi connectivity index (χ0v) is 15.9. The monoisotopic (exact) mass is 422 g/mol. The van der Waals surface area contributed by atoms with Crippen molar-refractivity contribution >= 4 is 42.4 Å². The summed E-state index contributed by atoms with van der Waals surface area (Å²) in [5.41, 5.74) is 0.667. The van der Waals surface area contributed by atoms with E-state index in [0.29, 0.717) is 5.69 Å². The van der Waals surface area contributed by atoms with Crippen molar-refractivity contribution in [2.24, 2.45) is 10.2 Å². The lowest BCUT2D eigenvalue weighted by atomic mass is 10.1. The Morgan fingerprint density at radius 1 is 0.857 bits per heavy atom. The van der Waals surface area contributed by atoms with Gasteiger partial charge in [0.15, 0.2) is 5.75 Å². The van der Waals surface area contributed by atoms with Crippen LogP contribution in [0.1, 0.15) is 5.56 Å². The van der Waals surface area contributed by atoms with Crippen molar-refractivity contribution in [3.63, 3.8) is 0 Å². The zero-order chi connectivity index (χ0) is 20.7. The van der Waals surface area contributed by atoms with Gasteiger partial charge in [-0.1, -0.05) is 18.2 Å². The number of aryl methyl sites for hydroxylation is 1. The average molecular weight is 422 g/mol. The summed E-state index contributed by atoms with van der Waals surface area (Å²) >= 11 is 0. The summed E-state index contributed by atoms with van der Waals surface area (Å²) in [4.78, 5) is -1.27. The lowest BCUT2D eigenvalue weighted by molar-refractivity contribution is 0.472. The first kappa shape index (κ1) is 19.9. The molecule has 0 aliphatic heterocycles. The molecule has 0 aromatic heterocycles. The molecule has 9 nitrogen and oxygen atoms in total. The first-order valence-electron chi connectivity index (χ1n) is 7.70. The van der Waals surface area contributed by atoms with Crippen molar-refractivity contribution in [2.75, 3.05) is 0 Å². The fourth-order valence-corrected chi connectivity index (χ4v) is 3.74. The molecule has 28 heavy (non-hydrogen) atoms. The SMILES string of the molecule is Cc1ccccc1N=Nc1c(S(=O)(=O)O)cc2cc(S(=O)(=O)O)ccc2c1O. The predicted molar refractivity (Wildman–Crippen MR) is 101 cm³/mol. The molecule has 3 rings (SSSR count). The van der Waals surface area contributed by atoms with Gasteiger partial charge in [-0.3, -0.25) is 9.11 Å². The third-order valence-corrected chi connectivity index (χ3v) is 5.69. The molecule has 0 fully saturated rings. The second-order valence-corrected chi connectivity index (χ2v) is 8.70. The van der Waals surface area contributed by atoms with Crippen LogP contribution < -0.4 is 0 Å². The third-order valence-electron chi connectivity index (χ3n) is 3.97. The minimum Gasteiger partial charge on any atom is -0.505 e. The molecule has 0 atom stereocenters. The molecule has 3 N–H and O–H groups in total. The molecular formula is C17H14N2O7S2. The molecule has 0 radical (unpaired) electrons. The van der Waals surface area contributed by atoms with Crippen LogP contribution in [0.15, 0.2) is 68.6 Å². The highest BCUT2D eigenvalue weighted by Crippen LogP contribution is 2.42. The van der Waals surface area contributed by atoms with Crippen molar-refractivity contribution in [1.29, 1.82) is 0 Å². The predicted octanol–water partition coefficient (Wildman–Crippen LogP) is 3.76.